The number of carbonyl (C=O) groups is 4. The van der Waals surface area contributed by atoms with E-state index in [-0.39, 0.29) is 54.5 Å². The number of anilines is 4. The van der Waals surface area contributed by atoms with E-state index in [9.17, 15) is 36.7 Å². The van der Waals surface area contributed by atoms with Gasteiger partial charge in [-0.15, -0.1) is 0 Å². The zero-order valence-corrected chi connectivity index (χ0v) is 32.5. The first-order valence-corrected chi connectivity index (χ1v) is 18.9. The number of piperidine rings is 1. The molecule has 0 saturated carbocycles. The second kappa shape index (κ2) is 17.4. The van der Waals surface area contributed by atoms with E-state index in [4.69, 9.17) is 22.2 Å². The predicted octanol–water partition coefficient (Wildman–Crippen LogP) is 4.25. The molecule has 4 amide bonds. The lowest BCUT2D eigenvalue weighted by Crippen LogP contribution is -2.49. The Morgan fingerprint density at radius 3 is 2.47 bits per heavy atom. The Morgan fingerprint density at radius 1 is 1.05 bits per heavy atom. The van der Waals surface area contributed by atoms with Crippen LogP contribution < -0.4 is 30.5 Å². The Hall–Kier alpha value is -5.71. The number of carbonyl (C=O) groups excluding carboxylic acids is 4. The molecule has 306 valence electrons. The highest BCUT2D eigenvalue weighted by Crippen LogP contribution is 2.40. The van der Waals surface area contributed by atoms with Crippen LogP contribution in [0, 0.1) is 11.3 Å². The van der Waals surface area contributed by atoms with Crippen molar-refractivity contribution in [1.82, 2.24) is 20.1 Å². The van der Waals surface area contributed by atoms with Crippen LogP contribution in [0.3, 0.4) is 0 Å². The number of piperazine rings is 1. The van der Waals surface area contributed by atoms with Gasteiger partial charge in [-0.2, -0.15) is 18.4 Å². The third-order valence-electron chi connectivity index (χ3n) is 10.1. The maximum absolute atomic E-state index is 13.8. The molecule has 3 aromatic rings. The molecule has 1 unspecified atom stereocenters. The van der Waals surface area contributed by atoms with E-state index in [0.717, 1.165) is 11.1 Å². The summed E-state index contributed by atoms with van der Waals surface area (Å²) in [5.74, 6) is -1.04. The van der Waals surface area contributed by atoms with Gasteiger partial charge >= 0.3 is 6.18 Å². The van der Waals surface area contributed by atoms with Crippen molar-refractivity contribution in [1.29, 1.82) is 5.26 Å². The second-order valence-corrected chi connectivity index (χ2v) is 14.9. The molecule has 3 N–H and O–H groups in total. The van der Waals surface area contributed by atoms with Crippen molar-refractivity contribution in [3.05, 3.63) is 71.5 Å². The van der Waals surface area contributed by atoms with Crippen molar-refractivity contribution in [3.8, 4) is 11.8 Å². The molecule has 1 atom stereocenters. The van der Waals surface area contributed by atoms with Gasteiger partial charge < -0.3 is 20.3 Å². The summed E-state index contributed by atoms with van der Waals surface area (Å²) in [6, 6.07) is 13.5. The number of aromatic nitrogens is 1. The first kappa shape index (κ1) is 41.9. The summed E-state index contributed by atoms with van der Waals surface area (Å²) in [7, 11) is 0. The minimum atomic E-state index is -4.89. The van der Waals surface area contributed by atoms with Crippen LogP contribution in [0.4, 0.5) is 40.3 Å². The number of pyridine rings is 1. The molecule has 19 heteroatoms. The number of hydrogen-bond acceptors (Lipinski definition) is 11. The molecule has 58 heavy (non-hydrogen) atoms. The van der Waals surface area contributed by atoms with Gasteiger partial charge in [-0.05, 0) is 80.5 Å². The molecule has 6 rings (SSSR count). The molecule has 0 radical (unpaired) electrons. The van der Waals surface area contributed by atoms with Gasteiger partial charge in [-0.25, -0.2) is 4.98 Å². The summed E-state index contributed by atoms with van der Waals surface area (Å²) in [6.07, 6.45) is -3.27. The topological polar surface area (TPSA) is 163 Å². The molecule has 3 fully saturated rings. The van der Waals surface area contributed by atoms with Crippen LogP contribution in [0.15, 0.2) is 54.7 Å². The molecular formula is C39H41F4N9O5S. The van der Waals surface area contributed by atoms with Crippen LogP contribution in [0.1, 0.15) is 43.5 Å². The molecule has 0 aliphatic carbocycles. The molecule has 3 saturated heterocycles. The van der Waals surface area contributed by atoms with Gasteiger partial charge in [0.1, 0.15) is 30.0 Å². The zero-order valence-electron chi connectivity index (χ0n) is 31.7. The Kier molecular flexibility index (Phi) is 12.6. The van der Waals surface area contributed by atoms with Gasteiger partial charge in [0.25, 0.3) is 5.91 Å². The normalized spacial score (nSPS) is 18.9. The Bertz CT molecular complexity index is 2140. The van der Waals surface area contributed by atoms with Crippen molar-refractivity contribution in [2.24, 2.45) is 0 Å². The number of rotatable bonds is 13. The van der Waals surface area contributed by atoms with Gasteiger partial charge in [0.2, 0.25) is 17.7 Å². The highest BCUT2D eigenvalue weighted by molar-refractivity contribution is 7.81. The van der Waals surface area contributed by atoms with E-state index in [1.807, 2.05) is 4.90 Å². The number of ether oxygens (including phenoxy) is 1. The lowest BCUT2D eigenvalue weighted by atomic mass is 10.0. The number of halogens is 4. The maximum atomic E-state index is 13.8. The van der Waals surface area contributed by atoms with E-state index in [1.54, 1.807) is 56.3 Å². The third kappa shape index (κ3) is 9.35. The summed E-state index contributed by atoms with van der Waals surface area (Å²) >= 11 is 5.63. The minimum Gasteiger partial charge on any atom is -0.492 e. The van der Waals surface area contributed by atoms with Gasteiger partial charge in [-0.1, -0.05) is 6.07 Å². The van der Waals surface area contributed by atoms with E-state index < -0.39 is 41.6 Å². The first-order valence-electron chi connectivity index (χ1n) is 18.5. The Morgan fingerprint density at radius 2 is 1.78 bits per heavy atom. The van der Waals surface area contributed by atoms with Crippen LogP contribution in [-0.2, 0) is 31.8 Å². The molecule has 14 nitrogen and oxygen atoms in total. The zero-order chi connectivity index (χ0) is 41.8. The number of nitrogens with one attached hydrogen (secondary N) is 3. The van der Waals surface area contributed by atoms with Crippen LogP contribution in [0.25, 0.3) is 0 Å². The van der Waals surface area contributed by atoms with Crippen LogP contribution in [0.5, 0.6) is 5.75 Å². The highest BCUT2D eigenvalue weighted by Gasteiger charge is 2.51. The largest absolute Gasteiger partial charge is 0.492 e. The van der Waals surface area contributed by atoms with E-state index in [2.05, 4.69) is 25.8 Å². The molecule has 1 aromatic heterocycles. The lowest BCUT2D eigenvalue weighted by Gasteiger charge is -2.34. The number of nitrogens with zero attached hydrogens (tertiary/aromatic N) is 6. The molecule has 0 spiro atoms. The van der Waals surface area contributed by atoms with E-state index in [1.165, 1.54) is 11.0 Å². The summed E-state index contributed by atoms with van der Waals surface area (Å²) < 4.78 is 61.0. The summed E-state index contributed by atoms with van der Waals surface area (Å²) in [5, 5.41) is 17.4. The van der Waals surface area contributed by atoms with Crippen LogP contribution in [0.2, 0.25) is 0 Å². The van der Waals surface area contributed by atoms with E-state index in [0.29, 0.717) is 73.6 Å². The SMILES string of the molecule is CC1(C)C(=O)N(c2cnc(C#N)c(C(F)(F)F)c2)C(=S)N1c1ccc(OCCN2CCN(CC(=O)Nc3cccc(NC4CCC(=O)NC4=O)c3)CC2)c(CCF)c1. The number of nitriles is 1. The number of thiocarbonyl (C=S) groups is 1. The highest BCUT2D eigenvalue weighted by atomic mass is 32.1. The number of amides is 4. The molecule has 3 aliphatic heterocycles. The van der Waals surface area contributed by atoms with E-state index >= 15 is 0 Å². The average molecular weight is 824 g/mol. The fraction of sp³-hybridized carbons (Fsp3) is 0.410. The number of aryl methyl sites for hydroxylation is 1. The number of imide groups is 1. The van der Waals surface area contributed by atoms with Crippen molar-refractivity contribution in [2.75, 3.05) is 73.0 Å². The Balaban J connectivity index is 1.01. The molecule has 4 heterocycles. The van der Waals surface area contributed by atoms with Crippen molar-refractivity contribution in [2.45, 2.75) is 50.9 Å². The van der Waals surface area contributed by atoms with Crippen molar-refractivity contribution >= 4 is 63.7 Å². The van der Waals surface area contributed by atoms with Gasteiger partial charge in [0, 0.05) is 62.6 Å². The molecular weight excluding hydrogens is 783 g/mol. The maximum Gasteiger partial charge on any atom is 0.419 e. The van der Waals surface area contributed by atoms with Gasteiger partial charge in [0.15, 0.2) is 10.8 Å². The second-order valence-electron chi connectivity index (χ2n) is 14.5. The molecule has 0 bridgehead atoms. The fourth-order valence-corrected chi connectivity index (χ4v) is 7.58. The van der Waals surface area contributed by atoms with Crippen LogP contribution >= 0.6 is 12.2 Å². The monoisotopic (exact) mass is 823 g/mol. The smallest absolute Gasteiger partial charge is 0.419 e. The minimum absolute atomic E-state index is 0.00225. The standard InChI is InChI=1S/C39H41F4N9O5S/c1-38(2)36(56)51(28-20-29(39(41,42)43)31(21-44)45-22-28)37(58)52(38)27-6-8-32(24(18-27)10-11-40)57-17-16-49-12-14-50(15-13-49)23-34(54)47-26-5-3-4-25(19-26)46-30-7-9-33(53)48-35(30)55/h3-6,8,18-20,22,30,46H,7,9-17,23H2,1-2H3,(H,47,54)(H,48,53,55). The average Bonchev–Trinajstić information content (AvgIpc) is 3.35. The summed E-state index contributed by atoms with van der Waals surface area (Å²) in [6.45, 7) is 6.13. The molecule has 2 aromatic carbocycles. The summed E-state index contributed by atoms with van der Waals surface area (Å²) in [4.78, 5) is 60.4. The lowest BCUT2D eigenvalue weighted by molar-refractivity contribution is -0.138. The molecule has 3 aliphatic rings. The number of hydrogen-bond donors (Lipinski definition) is 3. The van der Waals surface area contributed by atoms with Gasteiger partial charge in [-0.3, -0.25) is 43.6 Å². The van der Waals surface area contributed by atoms with Crippen molar-refractivity contribution in [3.63, 3.8) is 0 Å². The first-order chi connectivity index (χ1) is 27.6. The summed E-state index contributed by atoms with van der Waals surface area (Å²) in [5.41, 5.74) is -1.57. The fourth-order valence-electron chi connectivity index (χ4n) is 7.06. The number of benzene rings is 2. The third-order valence-corrected chi connectivity index (χ3v) is 10.5. The van der Waals surface area contributed by atoms with Crippen LogP contribution in [-0.4, -0.2) is 108 Å². The Labute approximate surface area is 337 Å². The predicted molar refractivity (Wildman–Crippen MR) is 210 cm³/mol. The van der Waals surface area contributed by atoms with Gasteiger partial charge in [0.05, 0.1) is 30.7 Å². The number of alkyl halides is 4. The van der Waals surface area contributed by atoms with Crippen molar-refractivity contribution < 1.29 is 41.5 Å². The quantitative estimate of drug-likeness (QED) is 0.128.